The molecule has 0 atom stereocenters. The van der Waals surface area contributed by atoms with Crippen molar-refractivity contribution in [2.75, 3.05) is 26.9 Å². The zero-order valence-electron chi connectivity index (χ0n) is 30.8. The lowest BCUT2D eigenvalue weighted by molar-refractivity contribution is -0.150. The molecule has 47 heavy (non-hydrogen) atoms. The molecule has 0 fully saturated rings. The quantitative estimate of drug-likeness (QED) is 0.0288. The fourth-order valence-corrected chi connectivity index (χ4v) is 5.39. The number of unbranched alkanes of at least 4 members (excludes halogenated alkanes) is 16. The van der Waals surface area contributed by atoms with Gasteiger partial charge in [-0.1, -0.05) is 115 Å². The molecule has 0 bridgehead atoms. The van der Waals surface area contributed by atoms with Gasteiger partial charge in [0.25, 0.3) is 0 Å². The van der Waals surface area contributed by atoms with Gasteiger partial charge < -0.3 is 18.9 Å². The maximum atomic E-state index is 12.4. The van der Waals surface area contributed by atoms with Gasteiger partial charge in [-0.25, -0.2) is 0 Å². The van der Waals surface area contributed by atoms with Gasteiger partial charge in [-0.15, -0.1) is 0 Å². The predicted molar refractivity (Wildman–Crippen MR) is 193 cm³/mol. The maximum Gasteiger partial charge on any atom is 0.306 e. The van der Waals surface area contributed by atoms with E-state index < -0.39 is 0 Å². The van der Waals surface area contributed by atoms with Crippen molar-refractivity contribution in [3.05, 3.63) is 24.3 Å². The van der Waals surface area contributed by atoms with Crippen LogP contribution in [0, 0.1) is 0 Å². The smallest absolute Gasteiger partial charge is 0.306 e. The van der Waals surface area contributed by atoms with Gasteiger partial charge in [0.2, 0.25) is 0 Å². The molecule has 0 saturated carbocycles. The molecule has 0 aliphatic carbocycles. The first kappa shape index (κ1) is 44.9. The molecule has 0 amide bonds. The first-order chi connectivity index (χ1) is 23.0. The Kier molecular flexibility index (Phi) is 35.0. The number of carbonyl (C=O) groups excluding carboxylic acids is 3. The molecule has 0 aromatic rings. The van der Waals surface area contributed by atoms with Gasteiger partial charge in [0.1, 0.15) is 19.3 Å². The van der Waals surface area contributed by atoms with Crippen LogP contribution in [0.25, 0.3) is 0 Å². The van der Waals surface area contributed by atoms with Crippen LogP contribution in [-0.2, 0) is 33.3 Å². The molecule has 0 unspecified atom stereocenters. The second-order valence-corrected chi connectivity index (χ2v) is 12.8. The molecule has 0 aromatic heterocycles. The number of rotatable bonds is 35. The Balaban J connectivity index is 4.04. The minimum Gasteiger partial charge on any atom is -0.462 e. The zero-order valence-corrected chi connectivity index (χ0v) is 30.8. The average Bonchev–Trinajstić information content (AvgIpc) is 3.06. The van der Waals surface area contributed by atoms with Gasteiger partial charge in [-0.3, -0.25) is 14.4 Å². The Morgan fingerprint density at radius 1 is 0.489 bits per heavy atom. The summed E-state index contributed by atoms with van der Waals surface area (Å²) in [5.41, 5.74) is 0. The van der Waals surface area contributed by atoms with Crippen molar-refractivity contribution in [2.45, 2.75) is 187 Å². The highest BCUT2D eigenvalue weighted by Crippen LogP contribution is 2.18. The van der Waals surface area contributed by atoms with E-state index in [1.54, 1.807) is 7.11 Å². The lowest BCUT2D eigenvalue weighted by atomic mass is 10.0. The lowest BCUT2D eigenvalue weighted by Gasteiger charge is -2.18. The van der Waals surface area contributed by atoms with E-state index in [1.165, 1.54) is 51.4 Å². The van der Waals surface area contributed by atoms with Crippen LogP contribution in [0.1, 0.15) is 181 Å². The largest absolute Gasteiger partial charge is 0.462 e. The predicted octanol–water partition coefficient (Wildman–Crippen LogP) is 10.9. The molecule has 0 spiro atoms. The van der Waals surface area contributed by atoms with Crippen LogP contribution in [0.5, 0.6) is 0 Å². The van der Waals surface area contributed by atoms with Gasteiger partial charge in [-0.2, -0.15) is 0 Å². The van der Waals surface area contributed by atoms with Crippen molar-refractivity contribution in [2.24, 2.45) is 0 Å². The summed E-state index contributed by atoms with van der Waals surface area (Å²) in [4.78, 5) is 36.3. The van der Waals surface area contributed by atoms with E-state index in [0.29, 0.717) is 45.5 Å². The van der Waals surface area contributed by atoms with Crippen LogP contribution in [0.4, 0.5) is 0 Å². The summed E-state index contributed by atoms with van der Waals surface area (Å²) in [6.45, 7) is 5.74. The van der Waals surface area contributed by atoms with E-state index in [4.69, 9.17) is 18.9 Å². The van der Waals surface area contributed by atoms with E-state index in [9.17, 15) is 14.4 Å². The first-order valence-corrected chi connectivity index (χ1v) is 19.3. The average molecular weight is 665 g/mol. The van der Waals surface area contributed by atoms with Gasteiger partial charge >= 0.3 is 17.9 Å². The lowest BCUT2D eigenvalue weighted by Crippen LogP contribution is -2.18. The van der Waals surface area contributed by atoms with E-state index in [0.717, 1.165) is 89.9 Å². The van der Waals surface area contributed by atoms with Crippen LogP contribution in [0.15, 0.2) is 24.3 Å². The summed E-state index contributed by atoms with van der Waals surface area (Å²) in [5, 5.41) is 0. The number of methoxy groups -OCH3 is 1. The number of allylic oxidation sites excluding steroid dienone is 2. The molecule has 0 aliphatic heterocycles. The van der Waals surface area contributed by atoms with Crippen molar-refractivity contribution < 1.29 is 33.3 Å². The topological polar surface area (TPSA) is 88.1 Å². The second kappa shape index (κ2) is 36.7. The number of hydrogen-bond donors (Lipinski definition) is 0. The number of carbonyl (C=O) groups is 3. The van der Waals surface area contributed by atoms with Crippen molar-refractivity contribution >= 4 is 17.9 Å². The number of hydrogen-bond acceptors (Lipinski definition) is 7. The standard InChI is InChI=1S/C40H72O7/c1-4-6-8-10-12-20-26-35-45-38(41)31-24-18-14-16-22-29-37(47-40(43)33-28-34-44-3)30-23-17-15-19-25-32-39(42)46-36-27-21-13-11-9-7-5-2/h20-21,26-27,37H,4-19,22-25,28-36H2,1-3H3/b26-20+,27-21+. The molecule has 7 heteroatoms. The van der Waals surface area contributed by atoms with Crippen molar-refractivity contribution in [3.63, 3.8) is 0 Å². The van der Waals surface area contributed by atoms with E-state index in [-0.39, 0.29) is 24.0 Å². The first-order valence-electron chi connectivity index (χ1n) is 19.3. The third kappa shape index (κ3) is 35.0. The summed E-state index contributed by atoms with van der Waals surface area (Å²) >= 11 is 0. The maximum absolute atomic E-state index is 12.4. The summed E-state index contributed by atoms with van der Waals surface area (Å²) in [5.74, 6) is -0.365. The molecule has 0 heterocycles. The summed E-state index contributed by atoms with van der Waals surface area (Å²) < 4.78 is 21.5. The van der Waals surface area contributed by atoms with Gasteiger partial charge in [0, 0.05) is 33.0 Å². The van der Waals surface area contributed by atoms with Gasteiger partial charge in [-0.05, 0) is 70.6 Å². The Labute approximate surface area is 289 Å². The minimum atomic E-state index is -0.137. The molecule has 7 nitrogen and oxygen atoms in total. The zero-order chi connectivity index (χ0) is 34.5. The molecule has 0 radical (unpaired) electrons. The van der Waals surface area contributed by atoms with E-state index in [2.05, 4.69) is 26.0 Å². The molecule has 0 aliphatic rings. The van der Waals surface area contributed by atoms with Crippen LogP contribution in [-0.4, -0.2) is 50.9 Å². The van der Waals surface area contributed by atoms with Crippen molar-refractivity contribution in [3.8, 4) is 0 Å². The fraction of sp³-hybridized carbons (Fsp3) is 0.825. The Bertz CT molecular complexity index is 725. The van der Waals surface area contributed by atoms with Gasteiger partial charge in [0.05, 0.1) is 0 Å². The van der Waals surface area contributed by atoms with E-state index >= 15 is 0 Å². The van der Waals surface area contributed by atoms with Crippen LogP contribution < -0.4 is 0 Å². The molecular weight excluding hydrogens is 592 g/mol. The molecular formula is C40H72O7. The van der Waals surface area contributed by atoms with Crippen LogP contribution in [0.2, 0.25) is 0 Å². The van der Waals surface area contributed by atoms with Gasteiger partial charge in [0.15, 0.2) is 0 Å². The molecule has 0 rings (SSSR count). The molecule has 0 saturated heterocycles. The SMILES string of the molecule is CCCCCC/C=C/COC(=O)CCCCCCCC(CCCCCCCC(=O)OC/C=C/CCCCCC)OC(=O)CCCOC. The van der Waals surface area contributed by atoms with Crippen molar-refractivity contribution in [1.29, 1.82) is 0 Å². The molecule has 0 aromatic carbocycles. The highest BCUT2D eigenvalue weighted by molar-refractivity contribution is 5.70. The highest BCUT2D eigenvalue weighted by atomic mass is 16.5. The highest BCUT2D eigenvalue weighted by Gasteiger charge is 2.14. The Morgan fingerprint density at radius 2 is 0.915 bits per heavy atom. The summed E-state index contributed by atoms with van der Waals surface area (Å²) in [6, 6.07) is 0. The molecule has 274 valence electrons. The summed E-state index contributed by atoms with van der Waals surface area (Å²) in [6.07, 6.45) is 34.0. The Morgan fingerprint density at radius 3 is 1.38 bits per heavy atom. The number of ether oxygens (including phenoxy) is 4. The van der Waals surface area contributed by atoms with Crippen LogP contribution >= 0.6 is 0 Å². The minimum absolute atomic E-state index is 0.0469. The second-order valence-electron chi connectivity index (χ2n) is 12.8. The monoisotopic (exact) mass is 665 g/mol. The fourth-order valence-electron chi connectivity index (χ4n) is 5.39. The van der Waals surface area contributed by atoms with Crippen LogP contribution in [0.3, 0.4) is 0 Å². The van der Waals surface area contributed by atoms with Crippen molar-refractivity contribution in [1.82, 2.24) is 0 Å². The van der Waals surface area contributed by atoms with E-state index in [1.807, 2.05) is 12.2 Å². The summed E-state index contributed by atoms with van der Waals surface area (Å²) in [7, 11) is 1.64. The normalized spacial score (nSPS) is 11.6. The molecule has 0 N–H and O–H groups in total. The number of esters is 3. The third-order valence-electron chi connectivity index (χ3n) is 8.30. The Hall–Kier alpha value is -2.15. The third-order valence-corrected chi connectivity index (χ3v) is 8.30.